The highest BCUT2D eigenvalue weighted by Crippen LogP contribution is 2.24. The Balaban J connectivity index is 2.52. The highest BCUT2D eigenvalue weighted by Gasteiger charge is 2.46. The zero-order valence-corrected chi connectivity index (χ0v) is 38.6. The lowest BCUT2D eigenvalue weighted by Crippen LogP contribution is -2.60. The van der Waals surface area contributed by atoms with E-state index >= 15 is 0 Å². The summed E-state index contributed by atoms with van der Waals surface area (Å²) in [6.07, 6.45) is 37.4. The second-order valence-electron chi connectivity index (χ2n) is 15.8. The predicted molar refractivity (Wildman–Crippen MR) is 246 cm³/mol. The van der Waals surface area contributed by atoms with E-state index in [1.54, 1.807) is 0 Å². The Hall–Kier alpha value is -3.13. The van der Waals surface area contributed by atoms with E-state index in [1.165, 1.54) is 51.4 Å². The Morgan fingerprint density at radius 2 is 1.10 bits per heavy atom. The number of rotatable bonds is 37. The normalized spacial score (nSPS) is 20.1. The van der Waals surface area contributed by atoms with Gasteiger partial charge in [-0.25, -0.2) is 0 Å². The van der Waals surface area contributed by atoms with E-state index in [0.29, 0.717) is 19.3 Å². The minimum atomic E-state index is -4.62. The van der Waals surface area contributed by atoms with Crippen LogP contribution in [0.1, 0.15) is 162 Å². The number of ether oxygens (including phenoxy) is 4. The van der Waals surface area contributed by atoms with Gasteiger partial charge < -0.3 is 34.3 Å². The van der Waals surface area contributed by atoms with Crippen LogP contribution in [0.5, 0.6) is 0 Å². The molecule has 4 N–H and O–H groups in total. The molecule has 0 amide bonds. The average Bonchev–Trinajstić information content (AvgIpc) is 3.24. The van der Waals surface area contributed by atoms with Gasteiger partial charge in [0.2, 0.25) is 0 Å². The fraction of sp³-hybridized carbons (Fsp3) is 0.694. The van der Waals surface area contributed by atoms with Gasteiger partial charge in [-0.1, -0.05) is 132 Å². The lowest BCUT2D eigenvalue weighted by atomic mass is 10.00. The van der Waals surface area contributed by atoms with Gasteiger partial charge in [-0.15, -0.1) is 5.73 Å². The van der Waals surface area contributed by atoms with E-state index in [9.17, 15) is 37.9 Å². The molecule has 0 aromatic heterocycles. The van der Waals surface area contributed by atoms with Gasteiger partial charge in [0.15, 0.2) is 12.4 Å². The van der Waals surface area contributed by atoms with E-state index in [4.69, 9.17) is 18.9 Å². The van der Waals surface area contributed by atoms with Gasteiger partial charge in [-0.3, -0.25) is 14.1 Å². The van der Waals surface area contributed by atoms with Crippen molar-refractivity contribution < 1.29 is 56.8 Å². The molecule has 0 radical (unpaired) electrons. The number of carbonyl (C=O) groups excluding carboxylic acids is 2. The maximum Gasteiger partial charge on any atom is 0.306 e. The van der Waals surface area contributed by atoms with Crippen LogP contribution in [0.3, 0.4) is 0 Å². The summed E-state index contributed by atoms with van der Waals surface area (Å²) in [4.78, 5) is 25.4. The number of hydrogen-bond donors (Lipinski definition) is 4. The first kappa shape index (κ1) is 56.9. The molecule has 1 aliphatic rings. The minimum absolute atomic E-state index is 0.0324. The smallest absolute Gasteiger partial charge is 0.306 e. The average molecular weight is 893 g/mol. The molecule has 0 aromatic carbocycles. The molecule has 1 fully saturated rings. The van der Waals surface area contributed by atoms with Crippen LogP contribution >= 0.6 is 0 Å². The lowest BCUT2D eigenvalue weighted by molar-refractivity contribution is -0.297. The van der Waals surface area contributed by atoms with Gasteiger partial charge in [0.1, 0.15) is 36.8 Å². The van der Waals surface area contributed by atoms with E-state index in [1.807, 2.05) is 18.2 Å². The third-order valence-corrected chi connectivity index (χ3v) is 10.8. The number of esters is 2. The second-order valence-corrected chi connectivity index (χ2v) is 17.3. The Kier molecular flexibility index (Phi) is 35.2. The summed E-state index contributed by atoms with van der Waals surface area (Å²) in [7, 11) is -4.62. The number of allylic oxidation sites excluding steroid dienone is 11. The summed E-state index contributed by atoms with van der Waals surface area (Å²) in [6, 6.07) is 0. The van der Waals surface area contributed by atoms with Crippen LogP contribution in [0.25, 0.3) is 0 Å². The minimum Gasteiger partial charge on any atom is -0.462 e. The molecule has 62 heavy (non-hydrogen) atoms. The van der Waals surface area contributed by atoms with Crippen molar-refractivity contribution in [2.75, 3.05) is 19.0 Å². The van der Waals surface area contributed by atoms with Crippen molar-refractivity contribution in [2.45, 2.75) is 198 Å². The van der Waals surface area contributed by atoms with Gasteiger partial charge in [0.25, 0.3) is 10.1 Å². The van der Waals surface area contributed by atoms with Gasteiger partial charge in [0, 0.05) is 12.8 Å². The van der Waals surface area contributed by atoms with E-state index in [0.717, 1.165) is 64.2 Å². The molecule has 1 rings (SSSR count). The molecule has 1 saturated heterocycles. The summed E-state index contributed by atoms with van der Waals surface area (Å²) in [5, 5.41) is 30.9. The van der Waals surface area contributed by atoms with Crippen molar-refractivity contribution >= 4 is 22.1 Å². The largest absolute Gasteiger partial charge is 0.462 e. The summed E-state index contributed by atoms with van der Waals surface area (Å²) in [6.45, 7) is 3.63. The fourth-order valence-electron chi connectivity index (χ4n) is 6.40. The highest BCUT2D eigenvalue weighted by molar-refractivity contribution is 7.85. The molecule has 6 atom stereocenters. The monoisotopic (exact) mass is 893 g/mol. The van der Waals surface area contributed by atoms with Gasteiger partial charge in [0.05, 0.1) is 6.61 Å². The van der Waals surface area contributed by atoms with E-state index in [2.05, 4.69) is 74.3 Å². The number of aliphatic hydroxyl groups is 3. The molecule has 0 spiro atoms. The molecule has 1 aliphatic heterocycles. The molecular formula is C49H80O12S. The summed E-state index contributed by atoms with van der Waals surface area (Å²) >= 11 is 0. The van der Waals surface area contributed by atoms with Gasteiger partial charge in [-0.2, -0.15) is 8.42 Å². The number of aliphatic hydroxyl groups excluding tert-OH is 3. The molecule has 354 valence electrons. The van der Waals surface area contributed by atoms with Crippen LogP contribution < -0.4 is 0 Å². The SMILES string of the molecule is CCCCC/C=C/C/C=C/C/C=C/C/C=C/C/C=C/CCC(=O)O[C@H](COC(=O)CCCCCCCC=C=CCCCCCCC)CO[C@H]1O[C@H](CS(=O)(=O)O)[C@@H](O)C(O)C1O. The number of unbranched alkanes of at least 4 members (excludes halogenated alkanes) is 13. The topological polar surface area (TPSA) is 186 Å². The third-order valence-electron chi connectivity index (χ3n) is 10.0. The lowest BCUT2D eigenvalue weighted by Gasteiger charge is -2.40. The molecular weight excluding hydrogens is 813 g/mol. The summed E-state index contributed by atoms with van der Waals surface area (Å²) in [5.41, 5.74) is 3.27. The first-order chi connectivity index (χ1) is 30.0. The molecule has 0 saturated carbocycles. The van der Waals surface area contributed by atoms with Crippen molar-refractivity contribution in [3.63, 3.8) is 0 Å². The van der Waals surface area contributed by atoms with Crippen LogP contribution in [0, 0.1) is 0 Å². The predicted octanol–water partition coefficient (Wildman–Crippen LogP) is 9.66. The Labute approximate surface area is 373 Å². The third kappa shape index (κ3) is 32.5. The van der Waals surface area contributed by atoms with Crippen LogP contribution in [0.15, 0.2) is 78.6 Å². The van der Waals surface area contributed by atoms with Crippen LogP contribution in [-0.2, 0) is 38.7 Å². The maximum absolute atomic E-state index is 12.8. The Morgan fingerprint density at radius 3 is 1.68 bits per heavy atom. The van der Waals surface area contributed by atoms with Crippen molar-refractivity contribution in [1.29, 1.82) is 0 Å². The van der Waals surface area contributed by atoms with Crippen molar-refractivity contribution in [3.05, 3.63) is 78.6 Å². The quantitative estimate of drug-likeness (QED) is 0.0152. The van der Waals surface area contributed by atoms with Crippen LogP contribution in [-0.4, -0.2) is 96.0 Å². The van der Waals surface area contributed by atoms with Crippen molar-refractivity contribution in [3.8, 4) is 0 Å². The molecule has 0 aromatic rings. The summed E-state index contributed by atoms with van der Waals surface area (Å²) in [5.74, 6) is -2.12. The van der Waals surface area contributed by atoms with Crippen LogP contribution in [0.4, 0.5) is 0 Å². The fourth-order valence-corrected chi connectivity index (χ4v) is 7.09. The first-order valence-corrected chi connectivity index (χ1v) is 24.8. The number of carbonyl (C=O) groups is 2. The molecule has 0 aliphatic carbocycles. The van der Waals surface area contributed by atoms with Crippen LogP contribution in [0.2, 0.25) is 0 Å². The molecule has 0 bridgehead atoms. The second kappa shape index (κ2) is 38.3. The van der Waals surface area contributed by atoms with Crippen molar-refractivity contribution in [1.82, 2.24) is 0 Å². The zero-order chi connectivity index (χ0) is 45.5. The van der Waals surface area contributed by atoms with Crippen molar-refractivity contribution in [2.24, 2.45) is 0 Å². The Bertz CT molecular complexity index is 1480. The zero-order valence-electron chi connectivity index (χ0n) is 37.7. The number of hydrogen-bond acceptors (Lipinski definition) is 11. The van der Waals surface area contributed by atoms with Gasteiger partial charge >= 0.3 is 11.9 Å². The molecule has 13 heteroatoms. The van der Waals surface area contributed by atoms with E-state index in [-0.39, 0.29) is 19.4 Å². The van der Waals surface area contributed by atoms with Gasteiger partial charge in [-0.05, 0) is 89.2 Å². The highest BCUT2D eigenvalue weighted by atomic mass is 32.2. The summed E-state index contributed by atoms with van der Waals surface area (Å²) < 4.78 is 54.0. The maximum atomic E-state index is 12.8. The molecule has 12 nitrogen and oxygen atoms in total. The van der Waals surface area contributed by atoms with E-state index < -0.39 is 71.2 Å². The molecule has 2 unspecified atom stereocenters. The first-order valence-electron chi connectivity index (χ1n) is 23.2. The Morgan fingerprint density at radius 1 is 0.597 bits per heavy atom. The molecule has 1 heterocycles. The standard InChI is InChI=1S/C49H80O12S/c1-3-5-7-9-11-13-15-17-19-20-21-22-24-26-28-30-32-34-36-38-45(51)60-42(40-59-49-48(54)47(53)46(52)43(61-49)41-62(55,56)57)39-58-44(50)37-35-33-31-29-27-25-23-18-16-14-12-10-8-6-4-2/h11,13,16-17,19,21-23,26,28,32,34,42-43,46-49,52-54H,3-10,12,14-15,20,24-25,27,29-31,33,35-41H2,1-2H3,(H,55,56,57)/b13-11+,19-17+,22-21+,28-26+,34-32+/t18?,42-,43-,46-,47?,48?,49+/m1/s1.